The van der Waals surface area contributed by atoms with Gasteiger partial charge in [-0.2, -0.15) is 0 Å². The lowest BCUT2D eigenvalue weighted by Crippen LogP contribution is -2.11. The van der Waals surface area contributed by atoms with Crippen LogP contribution in [0.1, 0.15) is 0 Å². The zero-order valence-electron chi connectivity index (χ0n) is 7.57. The molecule has 74 valence electrons. The van der Waals surface area contributed by atoms with E-state index in [-0.39, 0.29) is 0 Å². The van der Waals surface area contributed by atoms with Crippen molar-refractivity contribution < 1.29 is 9.47 Å². The average Bonchev–Trinajstić information content (AvgIpc) is 2.69. The van der Waals surface area contributed by atoms with Crippen molar-refractivity contribution in [1.29, 1.82) is 0 Å². The lowest BCUT2D eigenvalue weighted by atomic mass is 10.3. The van der Waals surface area contributed by atoms with E-state index >= 15 is 0 Å². The van der Waals surface area contributed by atoms with Crippen LogP contribution in [0.25, 0.3) is 0 Å². The lowest BCUT2D eigenvalue weighted by Gasteiger charge is -2.07. The molecule has 0 atom stereocenters. The van der Waals surface area contributed by atoms with Crippen molar-refractivity contribution in [2.45, 2.75) is 0 Å². The lowest BCUT2D eigenvalue weighted by molar-refractivity contribution is 0.292. The molecule has 0 fully saturated rings. The Labute approximate surface area is 90.9 Å². The Balaban J connectivity index is 1.94. The number of benzene rings is 1. The number of nitrogens with zero attached hydrogens (tertiary/aromatic N) is 1. The second-order valence-electron chi connectivity index (χ2n) is 2.84. The SMILES string of the molecule is Brc1ccccc1OCC1=NCCO1. The number of halogens is 1. The van der Waals surface area contributed by atoms with Crippen LogP contribution < -0.4 is 4.74 Å². The van der Waals surface area contributed by atoms with E-state index in [9.17, 15) is 0 Å². The first-order valence-corrected chi connectivity index (χ1v) is 5.19. The summed E-state index contributed by atoms with van der Waals surface area (Å²) >= 11 is 3.40. The normalized spacial score (nSPS) is 14.8. The molecule has 1 aromatic rings. The molecular weight excluding hydrogens is 246 g/mol. The molecule has 0 amide bonds. The standard InChI is InChI=1S/C10H10BrNO2/c11-8-3-1-2-4-9(8)14-7-10-12-5-6-13-10/h1-4H,5-7H2. The maximum absolute atomic E-state index is 5.52. The van der Waals surface area contributed by atoms with E-state index in [4.69, 9.17) is 9.47 Å². The Morgan fingerprint density at radius 1 is 1.43 bits per heavy atom. The third-order valence-corrected chi connectivity index (χ3v) is 2.49. The van der Waals surface area contributed by atoms with Gasteiger partial charge < -0.3 is 9.47 Å². The zero-order chi connectivity index (χ0) is 9.80. The quantitative estimate of drug-likeness (QED) is 0.830. The summed E-state index contributed by atoms with van der Waals surface area (Å²) in [6.07, 6.45) is 0. The van der Waals surface area contributed by atoms with Gasteiger partial charge in [-0.3, -0.25) is 0 Å². The maximum atomic E-state index is 5.52. The second-order valence-corrected chi connectivity index (χ2v) is 3.70. The number of para-hydroxylation sites is 1. The van der Waals surface area contributed by atoms with Crippen LogP contribution in [-0.2, 0) is 4.74 Å². The molecule has 0 unspecified atom stereocenters. The summed E-state index contributed by atoms with van der Waals surface area (Å²) in [6.45, 7) is 1.83. The Morgan fingerprint density at radius 2 is 2.29 bits per heavy atom. The van der Waals surface area contributed by atoms with Gasteiger partial charge in [-0.25, -0.2) is 4.99 Å². The van der Waals surface area contributed by atoms with Crippen LogP contribution in [-0.4, -0.2) is 25.7 Å². The van der Waals surface area contributed by atoms with Crippen LogP contribution in [0.5, 0.6) is 5.75 Å². The third kappa shape index (κ3) is 2.26. The summed E-state index contributed by atoms with van der Waals surface area (Å²) in [5.41, 5.74) is 0. The van der Waals surface area contributed by atoms with Crippen LogP contribution in [0.4, 0.5) is 0 Å². The van der Waals surface area contributed by atoms with Gasteiger partial charge in [0.15, 0.2) is 6.61 Å². The molecule has 0 aromatic heterocycles. The second kappa shape index (κ2) is 4.46. The molecular formula is C10H10BrNO2. The molecule has 14 heavy (non-hydrogen) atoms. The van der Waals surface area contributed by atoms with Crippen molar-refractivity contribution in [1.82, 2.24) is 0 Å². The predicted molar refractivity (Wildman–Crippen MR) is 57.9 cm³/mol. The number of rotatable bonds is 3. The molecule has 0 saturated carbocycles. The van der Waals surface area contributed by atoms with Gasteiger partial charge in [0.25, 0.3) is 0 Å². The smallest absolute Gasteiger partial charge is 0.222 e. The molecule has 0 radical (unpaired) electrons. The highest BCUT2D eigenvalue weighted by molar-refractivity contribution is 9.10. The zero-order valence-corrected chi connectivity index (χ0v) is 9.16. The molecule has 1 heterocycles. The van der Waals surface area contributed by atoms with Gasteiger partial charge in [0.2, 0.25) is 5.90 Å². The van der Waals surface area contributed by atoms with Crippen molar-refractivity contribution in [3.05, 3.63) is 28.7 Å². The minimum Gasteiger partial charge on any atom is -0.483 e. The van der Waals surface area contributed by atoms with E-state index in [1.807, 2.05) is 24.3 Å². The van der Waals surface area contributed by atoms with E-state index in [2.05, 4.69) is 20.9 Å². The van der Waals surface area contributed by atoms with Gasteiger partial charge in [0.05, 0.1) is 11.0 Å². The van der Waals surface area contributed by atoms with Gasteiger partial charge >= 0.3 is 0 Å². The Bertz CT molecular complexity index is 352. The molecule has 0 N–H and O–H groups in total. The van der Waals surface area contributed by atoms with Crippen molar-refractivity contribution in [3.8, 4) is 5.75 Å². The Hall–Kier alpha value is -1.03. The molecule has 4 heteroatoms. The van der Waals surface area contributed by atoms with Gasteiger partial charge in [-0.1, -0.05) is 12.1 Å². The summed E-state index contributed by atoms with van der Waals surface area (Å²) in [7, 11) is 0. The third-order valence-electron chi connectivity index (χ3n) is 1.84. The Morgan fingerprint density at radius 3 is 3.00 bits per heavy atom. The van der Waals surface area contributed by atoms with Crippen LogP contribution >= 0.6 is 15.9 Å². The fraction of sp³-hybridized carbons (Fsp3) is 0.300. The maximum Gasteiger partial charge on any atom is 0.222 e. The molecule has 0 saturated heterocycles. The summed E-state index contributed by atoms with van der Waals surface area (Å²) in [4.78, 5) is 4.13. The number of aliphatic imine (C=N–C) groups is 1. The molecule has 1 aliphatic rings. The first-order valence-electron chi connectivity index (χ1n) is 4.40. The molecule has 0 bridgehead atoms. The highest BCUT2D eigenvalue weighted by Gasteiger charge is 2.08. The van der Waals surface area contributed by atoms with Crippen molar-refractivity contribution in [2.75, 3.05) is 19.8 Å². The summed E-state index contributed by atoms with van der Waals surface area (Å²) in [6, 6.07) is 7.71. The van der Waals surface area contributed by atoms with Crippen LogP contribution in [0.15, 0.2) is 33.7 Å². The first-order chi connectivity index (χ1) is 6.86. The Kier molecular flexibility index (Phi) is 3.03. The largest absolute Gasteiger partial charge is 0.483 e. The van der Waals surface area contributed by atoms with Gasteiger partial charge in [0.1, 0.15) is 12.4 Å². The summed E-state index contributed by atoms with van der Waals surface area (Å²) in [5, 5.41) is 0. The van der Waals surface area contributed by atoms with Crippen LogP contribution in [0, 0.1) is 0 Å². The molecule has 1 aromatic carbocycles. The van der Waals surface area contributed by atoms with Gasteiger partial charge in [0, 0.05) is 0 Å². The van der Waals surface area contributed by atoms with E-state index in [1.54, 1.807) is 0 Å². The number of hydrogen-bond acceptors (Lipinski definition) is 3. The van der Waals surface area contributed by atoms with Crippen LogP contribution in [0.3, 0.4) is 0 Å². The molecule has 0 aliphatic carbocycles. The molecule has 1 aliphatic heterocycles. The highest BCUT2D eigenvalue weighted by Crippen LogP contribution is 2.23. The molecule has 3 nitrogen and oxygen atoms in total. The van der Waals surface area contributed by atoms with E-state index in [1.165, 1.54) is 0 Å². The van der Waals surface area contributed by atoms with Gasteiger partial charge in [-0.05, 0) is 28.1 Å². The minimum atomic E-state index is 0.405. The van der Waals surface area contributed by atoms with Crippen LogP contribution in [0.2, 0.25) is 0 Å². The summed E-state index contributed by atoms with van der Waals surface area (Å²) in [5.74, 6) is 1.49. The monoisotopic (exact) mass is 255 g/mol. The van der Waals surface area contributed by atoms with Crippen molar-refractivity contribution in [3.63, 3.8) is 0 Å². The predicted octanol–water partition coefficient (Wildman–Crippen LogP) is 2.26. The highest BCUT2D eigenvalue weighted by atomic mass is 79.9. The number of ether oxygens (including phenoxy) is 2. The van der Waals surface area contributed by atoms with E-state index in [0.29, 0.717) is 19.1 Å². The average molecular weight is 256 g/mol. The fourth-order valence-electron chi connectivity index (χ4n) is 1.17. The van der Waals surface area contributed by atoms with Crippen molar-refractivity contribution >= 4 is 21.8 Å². The van der Waals surface area contributed by atoms with E-state index in [0.717, 1.165) is 16.8 Å². The topological polar surface area (TPSA) is 30.8 Å². The van der Waals surface area contributed by atoms with E-state index < -0.39 is 0 Å². The fourth-order valence-corrected chi connectivity index (χ4v) is 1.57. The van der Waals surface area contributed by atoms with Crippen molar-refractivity contribution in [2.24, 2.45) is 4.99 Å². The number of hydrogen-bond donors (Lipinski definition) is 0. The summed E-state index contributed by atoms with van der Waals surface area (Å²) < 4.78 is 11.7. The first kappa shape index (κ1) is 9.52. The minimum absolute atomic E-state index is 0.405. The molecule has 2 rings (SSSR count). The van der Waals surface area contributed by atoms with Gasteiger partial charge in [-0.15, -0.1) is 0 Å². The molecule has 0 spiro atoms.